The van der Waals surface area contributed by atoms with E-state index in [1.165, 1.54) is 139 Å². The lowest BCUT2D eigenvalue weighted by Gasteiger charge is -2.33. The maximum atomic E-state index is 11.4. The summed E-state index contributed by atoms with van der Waals surface area (Å²) in [4.78, 5) is 19.5. The van der Waals surface area contributed by atoms with Crippen LogP contribution in [-0.4, -0.2) is 19.2 Å². The average Bonchev–Trinajstić information content (AvgIpc) is 4.09. The molecule has 0 N–H and O–H groups in total. The van der Waals surface area contributed by atoms with Crippen molar-refractivity contribution in [2.45, 2.75) is 123 Å². The minimum atomic E-state index is -0.280. The molecule has 0 unspecified atom stereocenters. The van der Waals surface area contributed by atoms with Crippen molar-refractivity contribution < 1.29 is 14.3 Å². The first-order chi connectivity index (χ1) is 29.3. The molecule has 314 valence electrons. The van der Waals surface area contributed by atoms with Crippen molar-refractivity contribution in [3.05, 3.63) is 125 Å². The summed E-state index contributed by atoms with van der Waals surface area (Å²) in [5, 5.41) is 0. The van der Waals surface area contributed by atoms with Gasteiger partial charge in [0.15, 0.2) is 0 Å². The Morgan fingerprint density at radius 2 is 1.02 bits per heavy atom. The van der Waals surface area contributed by atoms with Crippen LogP contribution >= 0.6 is 34.0 Å². The number of carbonyl (C=O) groups is 1. The van der Waals surface area contributed by atoms with Crippen molar-refractivity contribution >= 4 is 40.0 Å². The van der Waals surface area contributed by atoms with Crippen molar-refractivity contribution in [1.82, 2.24) is 0 Å². The fraction of sp³-hybridized carbons (Fsp3) is 0.389. The molecular formula is C54H62O3S3. The normalized spacial score (nSPS) is 12.7. The molecule has 3 aromatic carbocycles. The number of benzene rings is 3. The Kier molecular flexibility index (Phi) is 15.4. The van der Waals surface area contributed by atoms with Crippen LogP contribution in [0.25, 0.3) is 52.2 Å². The Morgan fingerprint density at radius 1 is 0.550 bits per heavy atom. The highest BCUT2D eigenvalue weighted by Gasteiger charge is 2.42. The van der Waals surface area contributed by atoms with Crippen molar-refractivity contribution in [1.29, 1.82) is 0 Å². The molecule has 3 nitrogen and oxygen atoms in total. The molecule has 0 aliphatic heterocycles. The van der Waals surface area contributed by atoms with E-state index in [1.54, 1.807) is 6.92 Å². The van der Waals surface area contributed by atoms with Crippen LogP contribution in [0.5, 0.6) is 5.75 Å². The molecule has 0 bridgehead atoms. The van der Waals surface area contributed by atoms with Gasteiger partial charge in [-0.25, -0.2) is 4.79 Å². The van der Waals surface area contributed by atoms with Crippen LogP contribution in [0.3, 0.4) is 0 Å². The van der Waals surface area contributed by atoms with Gasteiger partial charge in [0.25, 0.3) is 0 Å². The van der Waals surface area contributed by atoms with Gasteiger partial charge in [0, 0.05) is 40.3 Å². The third kappa shape index (κ3) is 10.4. The van der Waals surface area contributed by atoms with Gasteiger partial charge in [-0.2, -0.15) is 0 Å². The first-order valence-corrected chi connectivity index (χ1v) is 24.9. The summed E-state index contributed by atoms with van der Waals surface area (Å²) >= 11 is 5.70. The quantitative estimate of drug-likeness (QED) is 0.0366. The highest BCUT2D eigenvalue weighted by atomic mass is 32.1. The molecule has 0 amide bonds. The smallest absolute Gasteiger partial charge is 0.333 e. The molecule has 0 atom stereocenters. The largest absolute Gasteiger partial charge is 0.494 e. The third-order valence-electron chi connectivity index (χ3n) is 12.1. The number of unbranched alkanes of at least 4 members (excludes halogenated alkanes) is 9. The number of thiophene rings is 3. The molecule has 3 heterocycles. The second-order valence-electron chi connectivity index (χ2n) is 16.7. The predicted octanol–water partition coefficient (Wildman–Crippen LogP) is 17.1. The topological polar surface area (TPSA) is 35.5 Å². The number of ether oxygens (including phenoxy) is 2. The monoisotopic (exact) mass is 854 g/mol. The maximum Gasteiger partial charge on any atom is 0.333 e. The molecule has 60 heavy (non-hydrogen) atoms. The van der Waals surface area contributed by atoms with E-state index in [0.717, 1.165) is 31.6 Å². The molecule has 1 aliphatic rings. The molecule has 1 aliphatic carbocycles. The van der Waals surface area contributed by atoms with Gasteiger partial charge < -0.3 is 9.47 Å². The van der Waals surface area contributed by atoms with Crippen molar-refractivity contribution in [3.8, 4) is 58.0 Å². The highest BCUT2D eigenvalue weighted by molar-refractivity contribution is 7.23. The lowest BCUT2D eigenvalue weighted by atomic mass is 9.70. The second kappa shape index (κ2) is 21.0. The van der Waals surface area contributed by atoms with Gasteiger partial charge >= 0.3 is 5.97 Å². The first-order valence-electron chi connectivity index (χ1n) is 22.4. The van der Waals surface area contributed by atoms with Crippen LogP contribution in [0, 0.1) is 6.92 Å². The summed E-state index contributed by atoms with van der Waals surface area (Å²) in [6, 6.07) is 37.1. The number of fused-ring (bicyclic) bond motifs is 3. The van der Waals surface area contributed by atoms with E-state index in [4.69, 9.17) is 9.47 Å². The minimum absolute atomic E-state index is 0.0224. The van der Waals surface area contributed by atoms with E-state index >= 15 is 0 Å². The summed E-state index contributed by atoms with van der Waals surface area (Å²) < 4.78 is 11.3. The zero-order valence-electron chi connectivity index (χ0n) is 36.2. The predicted molar refractivity (Wildman–Crippen MR) is 260 cm³/mol. The number of hydrogen-bond donors (Lipinski definition) is 0. The highest BCUT2D eigenvalue weighted by Crippen LogP contribution is 2.56. The van der Waals surface area contributed by atoms with Crippen molar-refractivity contribution in [3.63, 3.8) is 0 Å². The Morgan fingerprint density at radius 3 is 1.55 bits per heavy atom. The van der Waals surface area contributed by atoms with Crippen LogP contribution in [-0.2, 0) is 14.9 Å². The van der Waals surface area contributed by atoms with E-state index in [9.17, 15) is 4.79 Å². The van der Waals surface area contributed by atoms with Gasteiger partial charge in [0.1, 0.15) is 5.75 Å². The summed E-state index contributed by atoms with van der Waals surface area (Å²) in [5.74, 6) is 0.661. The van der Waals surface area contributed by atoms with Crippen molar-refractivity contribution in [2.75, 3.05) is 13.2 Å². The maximum absolute atomic E-state index is 11.4. The van der Waals surface area contributed by atoms with Gasteiger partial charge in [-0.3, -0.25) is 0 Å². The lowest BCUT2D eigenvalue weighted by Crippen LogP contribution is -2.25. The molecule has 6 heteroatoms. The number of carbonyl (C=O) groups excluding carboxylic acids is 1. The van der Waals surface area contributed by atoms with Gasteiger partial charge in [0.2, 0.25) is 0 Å². The Balaban J connectivity index is 0.979. The van der Waals surface area contributed by atoms with E-state index in [2.05, 4.69) is 124 Å². The van der Waals surface area contributed by atoms with E-state index in [0.29, 0.717) is 12.2 Å². The molecule has 3 aromatic heterocycles. The van der Waals surface area contributed by atoms with Crippen LogP contribution in [0.1, 0.15) is 127 Å². The number of esters is 1. The second-order valence-corrected chi connectivity index (χ2v) is 20.1. The fourth-order valence-electron chi connectivity index (χ4n) is 8.72. The first kappa shape index (κ1) is 43.8. The molecule has 7 rings (SSSR count). The zero-order valence-corrected chi connectivity index (χ0v) is 38.7. The van der Waals surface area contributed by atoms with E-state index in [1.807, 2.05) is 34.0 Å². The summed E-state index contributed by atoms with van der Waals surface area (Å²) in [6.45, 7) is 13.4. The lowest BCUT2D eigenvalue weighted by molar-refractivity contribution is -0.139. The fourth-order valence-corrected chi connectivity index (χ4v) is 11.7. The number of aryl methyl sites for hydroxylation is 1. The van der Waals surface area contributed by atoms with Gasteiger partial charge in [-0.05, 0) is 151 Å². The average molecular weight is 855 g/mol. The Bertz CT molecular complexity index is 2330. The van der Waals surface area contributed by atoms with E-state index < -0.39 is 0 Å². The SMILES string of the molecule is C=C(C)C(=O)OCCCCCCCCCCOc1ccc(-c2ccc(-c3ccc4c(c3)C(CCCC)(CCCC)c3cc(-c5ccc(-c6ccc(C)s6)s5)ccc3-4)s2)cc1. The Labute approximate surface area is 371 Å². The summed E-state index contributed by atoms with van der Waals surface area (Å²) in [7, 11) is 0. The molecule has 0 fully saturated rings. The molecule has 0 radical (unpaired) electrons. The molecule has 0 spiro atoms. The standard InChI is InChI=1S/C54H62O3S3/c1-6-8-32-54(33-9-7-2)46-36-41(21-25-44(46)45-26-22-42(37-47(45)54)50-30-31-52(60-50)51-27-18-39(5)58-51)49-29-28-48(59-49)40-19-23-43(24-20-40)56-34-16-14-12-10-11-13-15-17-35-57-53(55)38(3)4/h18-31,36-37H,3,6-17,32-35H2,1-2,4-5H3. The zero-order chi connectivity index (χ0) is 41.9. The van der Waals surface area contributed by atoms with Crippen LogP contribution < -0.4 is 4.74 Å². The van der Waals surface area contributed by atoms with Gasteiger partial charge in [-0.1, -0.05) is 109 Å². The van der Waals surface area contributed by atoms with Crippen LogP contribution in [0.15, 0.2) is 109 Å². The third-order valence-corrected chi connectivity index (χ3v) is 15.6. The van der Waals surface area contributed by atoms with Gasteiger partial charge in [0.05, 0.1) is 13.2 Å². The van der Waals surface area contributed by atoms with Crippen molar-refractivity contribution in [2.24, 2.45) is 0 Å². The van der Waals surface area contributed by atoms with Crippen LogP contribution in [0.2, 0.25) is 0 Å². The molecular weight excluding hydrogens is 793 g/mol. The summed E-state index contributed by atoms with van der Waals surface area (Å²) in [6.07, 6.45) is 16.4. The summed E-state index contributed by atoms with van der Waals surface area (Å²) in [5.41, 5.74) is 10.3. The van der Waals surface area contributed by atoms with E-state index in [-0.39, 0.29) is 11.4 Å². The van der Waals surface area contributed by atoms with Crippen LogP contribution in [0.4, 0.5) is 0 Å². The molecule has 0 saturated heterocycles. The Hall–Kier alpha value is -4.23. The number of rotatable bonds is 23. The minimum Gasteiger partial charge on any atom is -0.494 e. The molecule has 6 aromatic rings. The molecule has 0 saturated carbocycles. The number of hydrogen-bond acceptors (Lipinski definition) is 6. The van der Waals surface area contributed by atoms with Gasteiger partial charge in [-0.15, -0.1) is 34.0 Å².